The van der Waals surface area contributed by atoms with E-state index in [-0.39, 0.29) is 23.5 Å². The van der Waals surface area contributed by atoms with Crippen LogP contribution < -0.4 is 5.84 Å². The highest BCUT2D eigenvalue weighted by atomic mass is 16.2. The highest BCUT2D eigenvalue weighted by Crippen LogP contribution is 2.36. The van der Waals surface area contributed by atoms with Gasteiger partial charge in [-0.05, 0) is 46.1 Å². The second-order valence-electron chi connectivity index (χ2n) is 9.23. The molecule has 2 rings (SSSR count). The molecule has 0 radical (unpaired) electrons. The molecule has 0 aromatic heterocycles. The molecule has 5 heteroatoms. The number of hydrazine groups is 1. The van der Waals surface area contributed by atoms with Gasteiger partial charge in [-0.15, -0.1) is 0 Å². The molecule has 1 aliphatic heterocycles. The summed E-state index contributed by atoms with van der Waals surface area (Å²) in [5.41, 5.74) is -0.403. The molecule has 2 aliphatic rings. The first-order chi connectivity index (χ1) is 11.6. The smallest absolute Gasteiger partial charge is 0.240 e. The summed E-state index contributed by atoms with van der Waals surface area (Å²) < 4.78 is 0. The van der Waals surface area contributed by atoms with Crippen molar-refractivity contribution in [3.63, 3.8) is 0 Å². The van der Waals surface area contributed by atoms with E-state index in [2.05, 4.69) is 18.7 Å². The number of hydrogen-bond donors (Lipinski definition) is 1. The minimum Gasteiger partial charge on any atom is -0.299 e. The summed E-state index contributed by atoms with van der Waals surface area (Å²) in [6.45, 7) is 11.9. The van der Waals surface area contributed by atoms with Crippen molar-refractivity contribution in [1.29, 1.82) is 0 Å². The first kappa shape index (κ1) is 20.4. The molecular weight excluding hydrogens is 314 g/mol. The SMILES string of the molecule is CC(C)N1CCC[C@H]1CN(N)C(=O)[C@H]1CCCC[C@H]1C(=O)C(C)(C)C. The second-order valence-corrected chi connectivity index (χ2v) is 9.23. The van der Waals surface area contributed by atoms with E-state index in [0.29, 0.717) is 18.6 Å². The van der Waals surface area contributed by atoms with Gasteiger partial charge in [0.05, 0.1) is 6.54 Å². The quantitative estimate of drug-likeness (QED) is 0.470. The summed E-state index contributed by atoms with van der Waals surface area (Å²) in [4.78, 5) is 28.3. The van der Waals surface area contributed by atoms with E-state index in [0.717, 1.165) is 38.6 Å². The lowest BCUT2D eigenvalue weighted by atomic mass is 9.70. The van der Waals surface area contributed by atoms with Gasteiger partial charge in [0.1, 0.15) is 5.78 Å². The van der Waals surface area contributed by atoms with E-state index in [1.54, 1.807) is 0 Å². The predicted molar refractivity (Wildman–Crippen MR) is 101 cm³/mol. The van der Waals surface area contributed by atoms with Crippen molar-refractivity contribution in [2.45, 2.75) is 85.2 Å². The molecule has 1 heterocycles. The number of rotatable bonds is 5. The highest BCUT2D eigenvalue weighted by molar-refractivity contribution is 5.91. The third-order valence-corrected chi connectivity index (χ3v) is 5.94. The number of likely N-dealkylation sites (tertiary alicyclic amines) is 1. The number of hydrogen-bond acceptors (Lipinski definition) is 4. The first-order valence-corrected chi connectivity index (χ1v) is 9.99. The molecule has 1 saturated carbocycles. The Kier molecular flexibility index (Phi) is 6.66. The zero-order chi connectivity index (χ0) is 18.8. The molecule has 3 atom stereocenters. The molecule has 0 unspecified atom stereocenters. The molecular formula is C20H37N3O2. The Hall–Kier alpha value is -0.940. The minimum absolute atomic E-state index is 0.0297. The number of carbonyl (C=O) groups is 2. The van der Waals surface area contributed by atoms with Crippen molar-refractivity contribution in [2.75, 3.05) is 13.1 Å². The molecule has 144 valence electrons. The Balaban J connectivity index is 2.04. The van der Waals surface area contributed by atoms with Crippen LogP contribution in [-0.4, -0.2) is 46.8 Å². The van der Waals surface area contributed by atoms with Gasteiger partial charge in [0.2, 0.25) is 5.91 Å². The van der Waals surface area contributed by atoms with Gasteiger partial charge in [0.15, 0.2) is 0 Å². The lowest BCUT2D eigenvalue weighted by Crippen LogP contribution is -2.52. The Morgan fingerprint density at radius 3 is 2.24 bits per heavy atom. The summed E-state index contributed by atoms with van der Waals surface area (Å²) in [7, 11) is 0. The maximum Gasteiger partial charge on any atom is 0.240 e. The van der Waals surface area contributed by atoms with Crippen LogP contribution in [0.1, 0.15) is 73.1 Å². The fourth-order valence-corrected chi connectivity index (χ4v) is 4.56. The lowest BCUT2D eigenvalue weighted by Gasteiger charge is -2.37. The van der Waals surface area contributed by atoms with Crippen molar-refractivity contribution < 1.29 is 9.59 Å². The molecule has 1 aliphatic carbocycles. The maximum absolute atomic E-state index is 13.0. The fourth-order valence-electron chi connectivity index (χ4n) is 4.56. The van der Waals surface area contributed by atoms with Gasteiger partial charge in [-0.3, -0.25) is 19.5 Å². The van der Waals surface area contributed by atoms with Gasteiger partial charge in [-0.2, -0.15) is 0 Å². The van der Waals surface area contributed by atoms with E-state index < -0.39 is 5.41 Å². The van der Waals surface area contributed by atoms with Crippen LogP contribution in [-0.2, 0) is 9.59 Å². The Labute approximate surface area is 153 Å². The number of amides is 1. The lowest BCUT2D eigenvalue weighted by molar-refractivity contribution is -0.146. The van der Waals surface area contributed by atoms with Crippen LogP contribution in [0.5, 0.6) is 0 Å². The van der Waals surface area contributed by atoms with Crippen molar-refractivity contribution in [3.8, 4) is 0 Å². The van der Waals surface area contributed by atoms with Crippen LogP contribution in [0.15, 0.2) is 0 Å². The number of ketones is 1. The molecule has 0 spiro atoms. The van der Waals surface area contributed by atoms with Crippen molar-refractivity contribution in [1.82, 2.24) is 9.91 Å². The molecule has 1 saturated heterocycles. The summed E-state index contributed by atoms with van der Waals surface area (Å²) in [5.74, 6) is 5.98. The van der Waals surface area contributed by atoms with E-state index in [4.69, 9.17) is 5.84 Å². The van der Waals surface area contributed by atoms with E-state index in [1.165, 1.54) is 11.4 Å². The molecule has 1 amide bonds. The van der Waals surface area contributed by atoms with Gasteiger partial charge >= 0.3 is 0 Å². The van der Waals surface area contributed by atoms with Crippen LogP contribution in [0.25, 0.3) is 0 Å². The van der Waals surface area contributed by atoms with Crippen LogP contribution in [0, 0.1) is 17.3 Å². The summed E-state index contributed by atoms with van der Waals surface area (Å²) in [5, 5.41) is 1.42. The van der Waals surface area contributed by atoms with Crippen molar-refractivity contribution in [2.24, 2.45) is 23.1 Å². The van der Waals surface area contributed by atoms with Crippen LogP contribution in [0.4, 0.5) is 0 Å². The van der Waals surface area contributed by atoms with Gasteiger partial charge in [0.25, 0.3) is 0 Å². The zero-order valence-corrected chi connectivity index (χ0v) is 16.8. The second kappa shape index (κ2) is 8.17. The molecule has 0 aromatic rings. The first-order valence-electron chi connectivity index (χ1n) is 9.99. The predicted octanol–water partition coefficient (Wildman–Crippen LogP) is 2.98. The average Bonchev–Trinajstić information content (AvgIpc) is 3.00. The van der Waals surface area contributed by atoms with E-state index in [9.17, 15) is 9.59 Å². The number of carbonyl (C=O) groups excluding carboxylic acids is 2. The summed E-state index contributed by atoms with van der Waals surface area (Å²) >= 11 is 0. The monoisotopic (exact) mass is 351 g/mol. The average molecular weight is 352 g/mol. The van der Waals surface area contributed by atoms with Crippen LogP contribution in [0.3, 0.4) is 0 Å². The Bertz CT molecular complexity index is 484. The largest absolute Gasteiger partial charge is 0.299 e. The topological polar surface area (TPSA) is 66.6 Å². The number of Topliss-reactive ketones (excluding diaryl/α,β-unsaturated/α-hetero) is 1. The molecule has 2 N–H and O–H groups in total. The molecule has 0 aromatic carbocycles. The molecule has 25 heavy (non-hydrogen) atoms. The minimum atomic E-state index is -0.403. The van der Waals surface area contributed by atoms with Gasteiger partial charge < -0.3 is 0 Å². The molecule has 5 nitrogen and oxygen atoms in total. The highest BCUT2D eigenvalue weighted by Gasteiger charge is 2.41. The fraction of sp³-hybridized carbons (Fsp3) is 0.900. The maximum atomic E-state index is 13.0. The Morgan fingerprint density at radius 1 is 1.08 bits per heavy atom. The van der Waals surface area contributed by atoms with Gasteiger partial charge in [-0.25, -0.2) is 5.84 Å². The number of nitrogens with zero attached hydrogens (tertiary/aromatic N) is 2. The van der Waals surface area contributed by atoms with Crippen LogP contribution >= 0.6 is 0 Å². The third kappa shape index (κ3) is 4.82. The molecule has 2 fully saturated rings. The normalized spacial score (nSPS) is 28.4. The van der Waals surface area contributed by atoms with Crippen LogP contribution in [0.2, 0.25) is 0 Å². The number of nitrogens with two attached hydrogens (primary N) is 1. The zero-order valence-electron chi connectivity index (χ0n) is 16.8. The van der Waals surface area contributed by atoms with Crippen molar-refractivity contribution >= 4 is 11.7 Å². The summed E-state index contributed by atoms with van der Waals surface area (Å²) in [6.07, 6.45) is 5.91. The van der Waals surface area contributed by atoms with Crippen molar-refractivity contribution in [3.05, 3.63) is 0 Å². The van der Waals surface area contributed by atoms with Gasteiger partial charge in [0, 0.05) is 29.3 Å². The standard InChI is InChI=1S/C20H37N3O2/c1-14(2)22-12-8-9-15(22)13-23(21)19(25)17-11-7-6-10-16(17)18(24)20(3,4)5/h14-17H,6-13,21H2,1-5H3/t15-,16+,17-/m0/s1. The Morgan fingerprint density at radius 2 is 1.68 bits per heavy atom. The van der Waals surface area contributed by atoms with Gasteiger partial charge in [-0.1, -0.05) is 33.6 Å². The summed E-state index contributed by atoms with van der Waals surface area (Å²) in [6, 6.07) is 0.815. The third-order valence-electron chi connectivity index (χ3n) is 5.94. The van der Waals surface area contributed by atoms with E-state index in [1.807, 2.05) is 20.8 Å². The van der Waals surface area contributed by atoms with E-state index >= 15 is 0 Å². The molecule has 0 bridgehead atoms.